The molecule has 3 aliphatic carbocycles. The first kappa shape index (κ1) is 27.3. The first-order valence-corrected chi connectivity index (χ1v) is 14.0. The molecular formula is C32H52O2. The fraction of sp³-hybridized carbons (Fsp3) is 0.781. The lowest BCUT2D eigenvalue weighted by Crippen LogP contribution is -2.58. The summed E-state index contributed by atoms with van der Waals surface area (Å²) in [4.78, 5) is 11.8. The van der Waals surface area contributed by atoms with Crippen molar-refractivity contribution in [3.63, 3.8) is 0 Å². The highest BCUT2D eigenvalue weighted by atomic mass is 16.5. The molecule has 6 unspecified atom stereocenters. The molecule has 0 aliphatic heterocycles. The molecule has 192 valence electrons. The molecule has 0 spiro atoms. The summed E-state index contributed by atoms with van der Waals surface area (Å²) in [6.07, 6.45) is 16.8. The van der Waals surface area contributed by atoms with Gasteiger partial charge in [-0.15, -0.1) is 0 Å². The maximum Gasteiger partial charge on any atom is 0.302 e. The fourth-order valence-electron chi connectivity index (χ4n) is 8.75. The van der Waals surface area contributed by atoms with Crippen LogP contribution in [0, 0.1) is 34.0 Å². The Kier molecular flexibility index (Phi) is 8.31. The van der Waals surface area contributed by atoms with E-state index < -0.39 is 0 Å². The molecule has 0 N–H and O–H groups in total. The van der Waals surface area contributed by atoms with E-state index in [4.69, 9.17) is 4.74 Å². The quantitative estimate of drug-likeness (QED) is 0.262. The van der Waals surface area contributed by atoms with Crippen LogP contribution in [0.2, 0.25) is 0 Å². The third kappa shape index (κ3) is 5.26. The van der Waals surface area contributed by atoms with Crippen LogP contribution in [0.4, 0.5) is 0 Å². The zero-order valence-electron chi connectivity index (χ0n) is 23.6. The average molecular weight is 469 g/mol. The Hall–Kier alpha value is -1.31. The van der Waals surface area contributed by atoms with Gasteiger partial charge < -0.3 is 4.74 Å². The van der Waals surface area contributed by atoms with Crippen molar-refractivity contribution in [1.29, 1.82) is 0 Å². The second-order valence-corrected chi connectivity index (χ2v) is 13.3. The summed E-state index contributed by atoms with van der Waals surface area (Å²) in [5, 5.41) is 0. The molecule has 3 saturated carbocycles. The summed E-state index contributed by atoms with van der Waals surface area (Å²) < 4.78 is 5.83. The molecule has 0 radical (unpaired) electrons. The minimum atomic E-state index is -0.124. The van der Waals surface area contributed by atoms with Crippen LogP contribution in [0.3, 0.4) is 0 Å². The first-order chi connectivity index (χ1) is 15.8. The van der Waals surface area contributed by atoms with Gasteiger partial charge in [-0.2, -0.15) is 0 Å². The first-order valence-electron chi connectivity index (χ1n) is 14.0. The number of ether oxygens (including phenoxy) is 1. The second-order valence-electron chi connectivity index (χ2n) is 13.3. The van der Waals surface area contributed by atoms with Gasteiger partial charge >= 0.3 is 5.97 Å². The lowest BCUT2D eigenvalue weighted by Gasteiger charge is -2.63. The summed E-state index contributed by atoms with van der Waals surface area (Å²) in [5.41, 5.74) is 5.17. The van der Waals surface area contributed by atoms with Gasteiger partial charge in [-0.05, 0) is 114 Å². The maximum absolute atomic E-state index is 11.8. The predicted molar refractivity (Wildman–Crippen MR) is 145 cm³/mol. The molecule has 6 atom stereocenters. The Bertz CT molecular complexity index is 826. The van der Waals surface area contributed by atoms with E-state index in [1.165, 1.54) is 55.2 Å². The molecule has 0 heterocycles. The van der Waals surface area contributed by atoms with Crippen molar-refractivity contribution in [2.24, 2.45) is 34.0 Å². The lowest BCUT2D eigenvalue weighted by atomic mass is 9.42. The van der Waals surface area contributed by atoms with Gasteiger partial charge in [0.1, 0.15) is 6.10 Å². The number of carbonyl (C=O) groups is 1. The van der Waals surface area contributed by atoms with E-state index in [-0.39, 0.29) is 17.5 Å². The molecule has 0 amide bonds. The monoisotopic (exact) mass is 468 g/mol. The topological polar surface area (TPSA) is 26.3 Å². The zero-order chi connectivity index (χ0) is 25.3. The number of rotatable bonds is 8. The highest BCUT2D eigenvalue weighted by Gasteiger charge is 2.64. The Morgan fingerprint density at radius 3 is 2.15 bits per heavy atom. The van der Waals surface area contributed by atoms with Crippen molar-refractivity contribution in [1.82, 2.24) is 0 Å². The summed E-state index contributed by atoms with van der Waals surface area (Å²) in [6, 6.07) is 0. The molecule has 3 aliphatic rings. The van der Waals surface area contributed by atoms with Crippen LogP contribution in [0.1, 0.15) is 120 Å². The van der Waals surface area contributed by atoms with Crippen LogP contribution in [0.15, 0.2) is 35.5 Å². The molecule has 0 saturated heterocycles. The van der Waals surface area contributed by atoms with E-state index in [1.54, 1.807) is 6.92 Å². The van der Waals surface area contributed by atoms with Gasteiger partial charge in [-0.1, -0.05) is 63.1 Å². The third-order valence-electron chi connectivity index (χ3n) is 10.4. The number of hydrogen-bond donors (Lipinski definition) is 0. The van der Waals surface area contributed by atoms with Crippen molar-refractivity contribution in [3.8, 4) is 0 Å². The third-order valence-corrected chi connectivity index (χ3v) is 10.4. The lowest BCUT2D eigenvalue weighted by molar-refractivity contribution is -0.189. The molecule has 0 bridgehead atoms. The van der Waals surface area contributed by atoms with Gasteiger partial charge in [0.05, 0.1) is 0 Å². The number of carbonyl (C=O) groups excluding carboxylic acids is 1. The standard InChI is InChI=1S/C32H52O2/c1-22(2)12-10-13-23(3)14-11-15-24(4)26-16-17-28-31(26,8)20-18-27-30(6,7)29(34-25(5)33)19-21-32(27,28)9/h12,14,26-29H,4,10-11,13,15-21H2,1-3,5-9H3. The molecule has 3 fully saturated rings. The van der Waals surface area contributed by atoms with Gasteiger partial charge in [0.15, 0.2) is 0 Å². The Morgan fingerprint density at radius 1 is 0.853 bits per heavy atom. The van der Waals surface area contributed by atoms with Gasteiger partial charge in [0.2, 0.25) is 0 Å². The van der Waals surface area contributed by atoms with E-state index in [9.17, 15) is 4.79 Å². The van der Waals surface area contributed by atoms with Crippen LogP contribution >= 0.6 is 0 Å². The SMILES string of the molecule is C=C(CCC=C(C)CCC=C(C)C)C1CCC2C1(C)CCC1C(C)(C)C(OC(C)=O)CCC12C. The van der Waals surface area contributed by atoms with Gasteiger partial charge in [0, 0.05) is 12.3 Å². The van der Waals surface area contributed by atoms with E-state index in [0.717, 1.165) is 31.6 Å². The molecule has 2 heteroatoms. The summed E-state index contributed by atoms with van der Waals surface area (Å²) >= 11 is 0. The van der Waals surface area contributed by atoms with Crippen LogP contribution in [-0.4, -0.2) is 12.1 Å². The smallest absolute Gasteiger partial charge is 0.302 e. The summed E-state index contributed by atoms with van der Waals surface area (Å²) in [5.74, 6) is 1.90. The van der Waals surface area contributed by atoms with E-state index in [0.29, 0.717) is 22.7 Å². The normalized spacial score (nSPS) is 36.9. The van der Waals surface area contributed by atoms with E-state index in [2.05, 4.69) is 67.2 Å². The van der Waals surface area contributed by atoms with Crippen molar-refractivity contribution in [2.45, 2.75) is 126 Å². The Morgan fingerprint density at radius 2 is 1.50 bits per heavy atom. The van der Waals surface area contributed by atoms with Crippen molar-refractivity contribution in [2.75, 3.05) is 0 Å². The second kappa shape index (κ2) is 10.4. The largest absolute Gasteiger partial charge is 0.462 e. The molecule has 2 nitrogen and oxygen atoms in total. The maximum atomic E-state index is 11.8. The highest BCUT2D eigenvalue weighted by molar-refractivity contribution is 5.66. The molecule has 0 aromatic carbocycles. The predicted octanol–water partition coefficient (Wildman–Crippen LogP) is 9.22. The number of esters is 1. The zero-order valence-corrected chi connectivity index (χ0v) is 23.6. The number of allylic oxidation sites excluding steroid dienone is 5. The molecular weight excluding hydrogens is 416 g/mol. The Balaban J connectivity index is 1.66. The van der Waals surface area contributed by atoms with Crippen molar-refractivity contribution < 1.29 is 9.53 Å². The summed E-state index contributed by atoms with van der Waals surface area (Å²) in [6.45, 7) is 22.8. The minimum Gasteiger partial charge on any atom is -0.462 e. The van der Waals surface area contributed by atoms with Crippen molar-refractivity contribution in [3.05, 3.63) is 35.5 Å². The summed E-state index contributed by atoms with van der Waals surface area (Å²) in [7, 11) is 0. The molecule has 3 rings (SSSR count). The van der Waals surface area contributed by atoms with Gasteiger partial charge in [-0.25, -0.2) is 0 Å². The minimum absolute atomic E-state index is 0.0446. The number of hydrogen-bond acceptors (Lipinski definition) is 2. The van der Waals surface area contributed by atoms with Crippen LogP contribution in [0.5, 0.6) is 0 Å². The van der Waals surface area contributed by atoms with Crippen molar-refractivity contribution >= 4 is 5.97 Å². The number of fused-ring (bicyclic) bond motifs is 3. The van der Waals surface area contributed by atoms with Crippen LogP contribution < -0.4 is 0 Å². The molecule has 0 aromatic rings. The highest BCUT2D eigenvalue weighted by Crippen LogP contribution is 2.70. The van der Waals surface area contributed by atoms with E-state index >= 15 is 0 Å². The molecule has 34 heavy (non-hydrogen) atoms. The average Bonchev–Trinajstić information content (AvgIpc) is 3.08. The fourth-order valence-corrected chi connectivity index (χ4v) is 8.75. The van der Waals surface area contributed by atoms with Crippen LogP contribution in [0.25, 0.3) is 0 Å². The van der Waals surface area contributed by atoms with E-state index in [1.807, 2.05) is 0 Å². The van der Waals surface area contributed by atoms with Crippen LogP contribution in [-0.2, 0) is 9.53 Å². The van der Waals surface area contributed by atoms with Gasteiger partial charge in [0.25, 0.3) is 0 Å². The Labute approximate surface area is 210 Å². The molecule has 0 aromatic heterocycles. The van der Waals surface area contributed by atoms with Gasteiger partial charge in [-0.3, -0.25) is 4.79 Å².